The van der Waals surface area contributed by atoms with Crippen LogP contribution >= 0.6 is 11.8 Å². The Hall–Kier alpha value is -2.87. The Morgan fingerprint density at radius 2 is 1.92 bits per heavy atom. The molecule has 0 fully saturated rings. The molecule has 7 nitrogen and oxygen atoms in total. The third-order valence-electron chi connectivity index (χ3n) is 3.77. The van der Waals surface area contributed by atoms with Crippen molar-refractivity contribution in [2.75, 3.05) is 5.75 Å². The first-order chi connectivity index (χ1) is 12.3. The summed E-state index contributed by atoms with van der Waals surface area (Å²) in [7, 11) is 0. The number of nitrogens with one attached hydrogen (secondary N) is 1. The number of nitrogens with zero attached hydrogens (tertiary/aromatic N) is 1. The largest absolute Gasteiger partial charge is 0.366 e. The highest BCUT2D eigenvalue weighted by molar-refractivity contribution is 8.00. The van der Waals surface area contributed by atoms with Gasteiger partial charge >= 0.3 is 0 Å². The van der Waals surface area contributed by atoms with Crippen LogP contribution in [-0.4, -0.2) is 22.5 Å². The highest BCUT2D eigenvalue weighted by Gasteiger charge is 2.18. The number of hydrogen-bond acceptors (Lipinski definition) is 5. The molecule has 0 radical (unpaired) electrons. The number of hydrogen-bond donors (Lipinski definition) is 2. The number of nitro groups is 1. The summed E-state index contributed by atoms with van der Waals surface area (Å²) < 4.78 is 0. The Morgan fingerprint density at radius 3 is 2.54 bits per heavy atom. The molecule has 0 bridgehead atoms. The van der Waals surface area contributed by atoms with Crippen molar-refractivity contribution < 1.29 is 14.5 Å². The fourth-order valence-electron chi connectivity index (χ4n) is 2.37. The van der Waals surface area contributed by atoms with E-state index in [4.69, 9.17) is 5.73 Å². The van der Waals surface area contributed by atoms with Crippen LogP contribution in [0.25, 0.3) is 0 Å². The molecule has 2 rings (SSSR count). The molecular formula is C18H19N3O4S. The molecule has 0 aromatic heterocycles. The fraction of sp³-hybridized carbons (Fsp3) is 0.222. The van der Waals surface area contributed by atoms with Crippen molar-refractivity contribution in [1.82, 2.24) is 5.32 Å². The van der Waals surface area contributed by atoms with Gasteiger partial charge in [-0.2, -0.15) is 0 Å². The molecule has 8 heteroatoms. The minimum Gasteiger partial charge on any atom is -0.366 e. The lowest BCUT2D eigenvalue weighted by atomic mass is 10.1. The summed E-state index contributed by atoms with van der Waals surface area (Å²) in [5.74, 6) is -0.944. The van der Waals surface area contributed by atoms with Gasteiger partial charge in [0.25, 0.3) is 5.69 Å². The van der Waals surface area contributed by atoms with Crippen LogP contribution in [-0.2, 0) is 11.3 Å². The van der Waals surface area contributed by atoms with E-state index in [1.54, 1.807) is 0 Å². The van der Waals surface area contributed by atoms with E-state index >= 15 is 0 Å². The average molecular weight is 373 g/mol. The highest BCUT2D eigenvalue weighted by Crippen LogP contribution is 2.30. The first-order valence-electron chi connectivity index (χ1n) is 7.82. The lowest BCUT2D eigenvalue weighted by molar-refractivity contribution is -0.387. The molecule has 0 saturated heterocycles. The van der Waals surface area contributed by atoms with E-state index in [1.807, 2.05) is 32.0 Å². The van der Waals surface area contributed by atoms with Crippen molar-refractivity contribution >= 4 is 29.3 Å². The topological polar surface area (TPSA) is 115 Å². The second-order valence-corrected chi connectivity index (χ2v) is 6.82. The Kier molecular flexibility index (Phi) is 6.35. The van der Waals surface area contributed by atoms with E-state index in [0.29, 0.717) is 11.4 Å². The minimum absolute atomic E-state index is 0.0294. The average Bonchev–Trinajstić information content (AvgIpc) is 2.58. The Morgan fingerprint density at radius 1 is 1.19 bits per heavy atom. The maximum atomic E-state index is 12.0. The van der Waals surface area contributed by atoms with Crippen LogP contribution in [0.4, 0.5) is 5.69 Å². The van der Waals surface area contributed by atoms with Crippen LogP contribution in [0.1, 0.15) is 27.0 Å². The molecule has 3 N–H and O–H groups in total. The van der Waals surface area contributed by atoms with Crippen LogP contribution in [0.5, 0.6) is 0 Å². The lowest BCUT2D eigenvalue weighted by Gasteiger charge is -2.09. The van der Waals surface area contributed by atoms with E-state index in [9.17, 15) is 19.7 Å². The van der Waals surface area contributed by atoms with E-state index in [1.165, 1.54) is 12.1 Å². The SMILES string of the molecule is Cc1ccc(CNC(=O)CSc2ccc(C(N)=O)cc2[N+](=O)[O-])c(C)c1. The van der Waals surface area contributed by atoms with Crippen LogP contribution < -0.4 is 11.1 Å². The summed E-state index contributed by atoms with van der Waals surface area (Å²) in [6, 6.07) is 9.95. The molecular weight excluding hydrogens is 354 g/mol. The van der Waals surface area contributed by atoms with Gasteiger partial charge in [0, 0.05) is 18.2 Å². The number of nitrogens with two attached hydrogens (primary N) is 1. The van der Waals surface area contributed by atoms with Gasteiger partial charge in [-0.05, 0) is 37.1 Å². The molecule has 136 valence electrons. The van der Waals surface area contributed by atoms with Crippen molar-refractivity contribution in [2.45, 2.75) is 25.3 Å². The van der Waals surface area contributed by atoms with Gasteiger partial charge < -0.3 is 11.1 Å². The monoisotopic (exact) mass is 373 g/mol. The Labute approximate surface area is 155 Å². The molecule has 0 spiro atoms. The van der Waals surface area contributed by atoms with Crippen molar-refractivity contribution in [3.8, 4) is 0 Å². The van der Waals surface area contributed by atoms with Gasteiger partial charge in [0.15, 0.2) is 0 Å². The zero-order chi connectivity index (χ0) is 19.3. The predicted octanol–water partition coefficient (Wildman–Crippen LogP) is 2.72. The number of carbonyl (C=O) groups is 2. The molecule has 2 aromatic carbocycles. The molecule has 26 heavy (non-hydrogen) atoms. The van der Waals surface area contributed by atoms with E-state index in [0.717, 1.165) is 34.5 Å². The summed E-state index contributed by atoms with van der Waals surface area (Å²) in [5, 5.41) is 14.0. The minimum atomic E-state index is -0.740. The van der Waals surface area contributed by atoms with E-state index in [2.05, 4.69) is 5.32 Å². The maximum absolute atomic E-state index is 12.0. The van der Waals surface area contributed by atoms with Gasteiger partial charge in [-0.25, -0.2) is 0 Å². The standard InChI is InChI=1S/C18H19N3O4S/c1-11-3-4-14(12(2)7-11)9-20-17(22)10-26-16-6-5-13(18(19)23)8-15(16)21(24)25/h3-8H,9-10H2,1-2H3,(H2,19,23)(H,20,22). The zero-order valence-electron chi connectivity index (χ0n) is 14.4. The molecule has 2 aromatic rings. The van der Waals surface area contributed by atoms with Gasteiger partial charge in [0.2, 0.25) is 11.8 Å². The number of amides is 2. The summed E-state index contributed by atoms with van der Waals surface area (Å²) in [6.45, 7) is 4.38. The van der Waals surface area contributed by atoms with Crippen molar-refractivity contribution in [3.05, 3.63) is 68.8 Å². The summed E-state index contributed by atoms with van der Waals surface area (Å²) in [6.07, 6.45) is 0. The quantitative estimate of drug-likeness (QED) is 0.440. The Bertz CT molecular complexity index is 868. The number of rotatable bonds is 7. The summed E-state index contributed by atoms with van der Waals surface area (Å²) in [5.41, 5.74) is 8.22. The molecule has 0 heterocycles. The number of primary amides is 1. The highest BCUT2D eigenvalue weighted by atomic mass is 32.2. The summed E-state index contributed by atoms with van der Waals surface area (Å²) >= 11 is 1.04. The van der Waals surface area contributed by atoms with Crippen LogP contribution in [0.3, 0.4) is 0 Å². The fourth-order valence-corrected chi connectivity index (χ4v) is 3.20. The van der Waals surface area contributed by atoms with Crippen LogP contribution in [0, 0.1) is 24.0 Å². The molecule has 0 aliphatic rings. The second kappa shape index (κ2) is 8.48. The number of aryl methyl sites for hydroxylation is 2. The van der Waals surface area contributed by atoms with Gasteiger partial charge in [0.1, 0.15) is 0 Å². The number of benzene rings is 2. The molecule has 0 unspecified atom stereocenters. The number of thioether (sulfide) groups is 1. The van der Waals surface area contributed by atoms with Crippen LogP contribution in [0.2, 0.25) is 0 Å². The van der Waals surface area contributed by atoms with Crippen LogP contribution in [0.15, 0.2) is 41.3 Å². The predicted molar refractivity (Wildman–Crippen MR) is 100 cm³/mol. The number of nitro benzene ring substituents is 1. The smallest absolute Gasteiger partial charge is 0.283 e. The van der Waals surface area contributed by atoms with Gasteiger partial charge in [-0.3, -0.25) is 19.7 Å². The van der Waals surface area contributed by atoms with Crippen molar-refractivity contribution in [1.29, 1.82) is 0 Å². The van der Waals surface area contributed by atoms with E-state index in [-0.39, 0.29) is 22.9 Å². The van der Waals surface area contributed by atoms with Gasteiger partial charge in [0.05, 0.1) is 15.6 Å². The van der Waals surface area contributed by atoms with Crippen molar-refractivity contribution in [2.24, 2.45) is 5.73 Å². The lowest BCUT2D eigenvalue weighted by Crippen LogP contribution is -2.25. The molecule has 0 saturated carbocycles. The normalized spacial score (nSPS) is 10.4. The first-order valence-corrected chi connectivity index (χ1v) is 8.80. The Balaban J connectivity index is 1.98. The molecule has 0 aliphatic heterocycles. The summed E-state index contributed by atoms with van der Waals surface area (Å²) in [4.78, 5) is 34.1. The third kappa shape index (κ3) is 5.06. The van der Waals surface area contributed by atoms with Gasteiger partial charge in [-0.15, -0.1) is 11.8 Å². The third-order valence-corrected chi connectivity index (χ3v) is 4.84. The second-order valence-electron chi connectivity index (χ2n) is 5.80. The maximum Gasteiger partial charge on any atom is 0.283 e. The number of carbonyl (C=O) groups excluding carboxylic acids is 2. The molecule has 0 aliphatic carbocycles. The van der Waals surface area contributed by atoms with Gasteiger partial charge in [-0.1, -0.05) is 23.8 Å². The first kappa shape index (κ1) is 19.5. The molecule has 2 amide bonds. The van der Waals surface area contributed by atoms with Crippen molar-refractivity contribution in [3.63, 3.8) is 0 Å². The zero-order valence-corrected chi connectivity index (χ0v) is 15.3. The molecule has 0 atom stereocenters. The van der Waals surface area contributed by atoms with E-state index < -0.39 is 10.8 Å².